The zero-order valence-electron chi connectivity index (χ0n) is 3.76. The molecule has 0 aromatic heterocycles. The summed E-state index contributed by atoms with van der Waals surface area (Å²) in [4.78, 5) is 14.3. The fourth-order valence-corrected chi connectivity index (χ4v) is 0.405. The summed E-state index contributed by atoms with van der Waals surface area (Å²) >= 11 is 0. The molecule has 0 aromatic carbocycles. The molecule has 0 radical (unpaired) electrons. The van der Waals surface area contributed by atoms with Gasteiger partial charge >= 0.3 is 0 Å². The van der Waals surface area contributed by atoms with Crippen LogP contribution in [-0.2, 0) is 9.63 Å². The van der Waals surface area contributed by atoms with Crippen LogP contribution >= 0.6 is 0 Å². The molecule has 38 valence electrons. The van der Waals surface area contributed by atoms with E-state index in [1.165, 1.54) is 0 Å². The van der Waals surface area contributed by atoms with Crippen molar-refractivity contribution in [3.05, 3.63) is 0 Å². The second kappa shape index (κ2) is 1.73. The Hall–Kier alpha value is -0.860. The Labute approximate surface area is 41.0 Å². The van der Waals surface area contributed by atoms with E-state index in [0.717, 1.165) is 0 Å². The molecule has 3 nitrogen and oxygen atoms in total. The van der Waals surface area contributed by atoms with E-state index >= 15 is 0 Å². The summed E-state index contributed by atoms with van der Waals surface area (Å²) in [7, 11) is 0. The van der Waals surface area contributed by atoms with Crippen molar-refractivity contribution in [3.63, 3.8) is 0 Å². The average molecular weight is 99.1 g/mol. The van der Waals surface area contributed by atoms with Gasteiger partial charge in [-0.15, -0.1) is 0 Å². The molecule has 1 heterocycles. The third-order valence-electron chi connectivity index (χ3n) is 0.767. The number of carbonyl (C=O) groups excluding carboxylic acids is 1. The predicted octanol–water partition coefficient (Wildman–Crippen LogP) is -0.0384. The zero-order valence-corrected chi connectivity index (χ0v) is 3.76. The Balaban J connectivity index is 2.51. The van der Waals surface area contributed by atoms with Gasteiger partial charge in [-0.2, -0.15) is 0 Å². The van der Waals surface area contributed by atoms with Gasteiger partial charge in [-0.3, -0.25) is 4.79 Å². The van der Waals surface area contributed by atoms with Gasteiger partial charge in [0.25, 0.3) is 0 Å². The van der Waals surface area contributed by atoms with Crippen LogP contribution in [0, 0.1) is 0 Å². The van der Waals surface area contributed by atoms with Gasteiger partial charge in [0.2, 0.25) is 0 Å². The molecule has 1 aliphatic rings. The number of rotatable bonds is 1. The maximum Gasteiger partial charge on any atom is 0.167 e. The molecule has 0 N–H and O–H groups in total. The zero-order chi connectivity index (χ0) is 5.11. The topological polar surface area (TPSA) is 38.7 Å². The quantitative estimate of drug-likeness (QED) is 0.433. The molecule has 0 unspecified atom stereocenters. The molecule has 0 atom stereocenters. The van der Waals surface area contributed by atoms with Crippen LogP contribution in [0.2, 0.25) is 0 Å². The van der Waals surface area contributed by atoms with E-state index in [1.54, 1.807) is 0 Å². The fourth-order valence-electron chi connectivity index (χ4n) is 0.405. The summed E-state index contributed by atoms with van der Waals surface area (Å²) in [5.41, 5.74) is 0.514. The molecule has 1 aliphatic heterocycles. The van der Waals surface area contributed by atoms with Gasteiger partial charge in [0.15, 0.2) is 6.29 Å². The summed E-state index contributed by atoms with van der Waals surface area (Å²) in [6, 6.07) is 0. The smallest absolute Gasteiger partial charge is 0.167 e. The highest BCUT2D eigenvalue weighted by Crippen LogP contribution is 1.95. The molecule has 0 bridgehead atoms. The van der Waals surface area contributed by atoms with Crippen LogP contribution in [-0.4, -0.2) is 18.6 Å². The summed E-state index contributed by atoms with van der Waals surface area (Å²) in [6.07, 6.45) is 1.39. The van der Waals surface area contributed by atoms with Crippen molar-refractivity contribution in [2.45, 2.75) is 6.42 Å². The van der Waals surface area contributed by atoms with Crippen molar-refractivity contribution in [2.24, 2.45) is 5.16 Å². The van der Waals surface area contributed by atoms with E-state index in [9.17, 15) is 4.79 Å². The normalized spacial score (nSPS) is 18.0. The highest BCUT2D eigenvalue weighted by Gasteiger charge is 2.03. The van der Waals surface area contributed by atoms with Crippen LogP contribution in [0.3, 0.4) is 0 Å². The lowest BCUT2D eigenvalue weighted by atomic mass is 10.3. The summed E-state index contributed by atoms with van der Waals surface area (Å²) in [6.45, 7) is 0.564. The minimum atomic E-state index is 0.514. The monoisotopic (exact) mass is 99.0 g/mol. The molecular weight excluding hydrogens is 94.0 g/mol. The van der Waals surface area contributed by atoms with E-state index in [0.29, 0.717) is 25.0 Å². The Bertz CT molecular complexity index is 108. The molecular formula is C4H5NO2. The first-order valence-corrected chi connectivity index (χ1v) is 2.07. The van der Waals surface area contributed by atoms with Crippen LogP contribution in [0.5, 0.6) is 0 Å². The van der Waals surface area contributed by atoms with Crippen molar-refractivity contribution in [1.29, 1.82) is 0 Å². The fraction of sp³-hybridized carbons (Fsp3) is 0.500. The number of aldehydes is 1. The predicted molar refractivity (Wildman–Crippen MR) is 24.1 cm³/mol. The minimum absolute atomic E-state index is 0.514. The Morgan fingerprint density at radius 1 is 1.86 bits per heavy atom. The van der Waals surface area contributed by atoms with Crippen molar-refractivity contribution >= 4 is 12.0 Å². The number of hydrogen-bond acceptors (Lipinski definition) is 3. The van der Waals surface area contributed by atoms with E-state index in [2.05, 4.69) is 9.99 Å². The second-order valence-electron chi connectivity index (χ2n) is 1.28. The van der Waals surface area contributed by atoms with Gasteiger partial charge in [0, 0.05) is 6.42 Å². The van der Waals surface area contributed by atoms with E-state index in [-0.39, 0.29) is 0 Å². The molecule has 0 aromatic rings. The Kier molecular flexibility index (Phi) is 1.06. The molecule has 0 aliphatic carbocycles. The van der Waals surface area contributed by atoms with Crippen molar-refractivity contribution in [3.8, 4) is 0 Å². The maximum absolute atomic E-state index is 9.80. The maximum atomic E-state index is 9.80. The SMILES string of the molecule is O=CC1=NOCC1. The van der Waals surface area contributed by atoms with Crippen LogP contribution in [0.25, 0.3) is 0 Å². The Morgan fingerprint density at radius 3 is 3.00 bits per heavy atom. The second-order valence-corrected chi connectivity index (χ2v) is 1.28. The summed E-state index contributed by atoms with van der Waals surface area (Å²) in [5, 5.41) is 3.40. The standard InChI is InChI=1S/C4H5NO2/c6-3-4-1-2-7-5-4/h3H,1-2H2. The first kappa shape index (κ1) is 4.30. The number of hydrogen-bond donors (Lipinski definition) is 0. The number of nitrogens with zero attached hydrogens (tertiary/aromatic N) is 1. The first-order chi connectivity index (χ1) is 3.43. The number of oxime groups is 1. The van der Waals surface area contributed by atoms with Gasteiger partial charge in [0.05, 0.1) is 0 Å². The molecule has 0 saturated heterocycles. The molecule has 1 rings (SSSR count). The summed E-state index contributed by atoms with van der Waals surface area (Å²) in [5.74, 6) is 0. The molecule has 0 amide bonds. The Morgan fingerprint density at radius 2 is 2.71 bits per heavy atom. The molecule has 0 fully saturated rings. The molecule has 3 heteroatoms. The lowest BCUT2D eigenvalue weighted by molar-refractivity contribution is -0.102. The van der Waals surface area contributed by atoms with E-state index in [1.807, 2.05) is 0 Å². The van der Waals surface area contributed by atoms with Crippen LogP contribution in [0.4, 0.5) is 0 Å². The van der Waals surface area contributed by atoms with Gasteiger partial charge in [-0.1, -0.05) is 5.16 Å². The first-order valence-electron chi connectivity index (χ1n) is 2.07. The molecule has 0 spiro atoms. The largest absolute Gasteiger partial charge is 0.395 e. The van der Waals surface area contributed by atoms with Gasteiger partial charge in [-0.05, 0) is 0 Å². The van der Waals surface area contributed by atoms with Crippen molar-refractivity contribution in [1.82, 2.24) is 0 Å². The summed E-state index contributed by atoms with van der Waals surface area (Å²) < 4.78 is 0. The van der Waals surface area contributed by atoms with E-state index < -0.39 is 0 Å². The molecule has 7 heavy (non-hydrogen) atoms. The third kappa shape index (κ3) is 0.765. The third-order valence-corrected chi connectivity index (χ3v) is 0.767. The number of carbonyl (C=O) groups is 1. The van der Waals surface area contributed by atoms with E-state index in [4.69, 9.17) is 0 Å². The van der Waals surface area contributed by atoms with Gasteiger partial charge < -0.3 is 4.84 Å². The van der Waals surface area contributed by atoms with Crippen LogP contribution in [0.1, 0.15) is 6.42 Å². The highest BCUT2D eigenvalue weighted by molar-refractivity contribution is 6.28. The minimum Gasteiger partial charge on any atom is -0.395 e. The van der Waals surface area contributed by atoms with Crippen molar-refractivity contribution in [2.75, 3.05) is 6.61 Å². The van der Waals surface area contributed by atoms with Crippen molar-refractivity contribution < 1.29 is 9.63 Å². The van der Waals surface area contributed by atoms with Gasteiger partial charge in [-0.25, -0.2) is 0 Å². The van der Waals surface area contributed by atoms with Crippen LogP contribution < -0.4 is 0 Å². The lowest BCUT2D eigenvalue weighted by Crippen LogP contribution is -1.92. The lowest BCUT2D eigenvalue weighted by Gasteiger charge is -1.75. The van der Waals surface area contributed by atoms with Crippen LogP contribution in [0.15, 0.2) is 5.16 Å². The highest BCUT2D eigenvalue weighted by atomic mass is 16.6. The average Bonchev–Trinajstić information content (AvgIpc) is 2.14. The molecule has 0 saturated carbocycles. The van der Waals surface area contributed by atoms with Gasteiger partial charge in [0.1, 0.15) is 12.3 Å².